The van der Waals surface area contributed by atoms with Gasteiger partial charge in [-0.15, -0.1) is 0 Å². The van der Waals surface area contributed by atoms with Gasteiger partial charge in [0.1, 0.15) is 5.54 Å². The van der Waals surface area contributed by atoms with E-state index in [2.05, 4.69) is 24.1 Å². The average molecular weight is 282 g/mol. The van der Waals surface area contributed by atoms with Gasteiger partial charge in [0.15, 0.2) is 0 Å². The zero-order valence-corrected chi connectivity index (χ0v) is 13.2. The number of carboxylic acids is 1. The molecule has 1 aliphatic carbocycles. The molecule has 0 aromatic carbocycles. The van der Waals surface area contributed by atoms with E-state index < -0.39 is 11.5 Å². The van der Waals surface area contributed by atoms with Gasteiger partial charge in [0, 0.05) is 18.1 Å². The quantitative estimate of drug-likeness (QED) is 0.814. The van der Waals surface area contributed by atoms with Crippen LogP contribution in [0.25, 0.3) is 0 Å². The molecule has 1 saturated heterocycles. The van der Waals surface area contributed by atoms with E-state index in [0.717, 1.165) is 32.2 Å². The number of carbonyl (C=O) groups is 1. The topological polar surface area (TPSA) is 52.6 Å². The van der Waals surface area contributed by atoms with Gasteiger partial charge in [0.05, 0.1) is 0 Å². The van der Waals surface area contributed by atoms with E-state index in [1.165, 1.54) is 19.3 Å². The lowest BCUT2D eigenvalue weighted by atomic mass is 9.77. The Morgan fingerprint density at radius 2 is 2.10 bits per heavy atom. The van der Waals surface area contributed by atoms with Crippen LogP contribution in [0, 0.1) is 0 Å². The minimum Gasteiger partial charge on any atom is -0.480 e. The average Bonchev–Trinajstić information content (AvgIpc) is 2.80. The molecule has 20 heavy (non-hydrogen) atoms. The molecule has 4 heteroatoms. The Morgan fingerprint density at radius 3 is 2.70 bits per heavy atom. The number of nitrogens with zero attached hydrogens (tertiary/aromatic N) is 1. The largest absolute Gasteiger partial charge is 0.480 e. The lowest BCUT2D eigenvalue weighted by Crippen LogP contribution is -2.59. The van der Waals surface area contributed by atoms with Crippen molar-refractivity contribution in [3.63, 3.8) is 0 Å². The van der Waals surface area contributed by atoms with Gasteiger partial charge in [-0.05, 0) is 58.4 Å². The summed E-state index contributed by atoms with van der Waals surface area (Å²) in [5, 5.41) is 13.0. The van der Waals surface area contributed by atoms with Crippen molar-refractivity contribution in [2.75, 3.05) is 6.54 Å². The van der Waals surface area contributed by atoms with Crippen LogP contribution in [0.5, 0.6) is 0 Å². The summed E-state index contributed by atoms with van der Waals surface area (Å²) in [6.45, 7) is 7.29. The van der Waals surface area contributed by atoms with Crippen LogP contribution in [0.4, 0.5) is 0 Å². The molecule has 2 rings (SSSR count). The summed E-state index contributed by atoms with van der Waals surface area (Å²) in [5.74, 6) is -0.663. The maximum atomic E-state index is 11.8. The van der Waals surface area contributed by atoms with Crippen molar-refractivity contribution in [3.8, 4) is 0 Å². The van der Waals surface area contributed by atoms with Gasteiger partial charge in [-0.2, -0.15) is 0 Å². The van der Waals surface area contributed by atoms with Crippen molar-refractivity contribution in [3.05, 3.63) is 0 Å². The predicted molar refractivity (Wildman–Crippen MR) is 80.9 cm³/mol. The van der Waals surface area contributed by atoms with Gasteiger partial charge < -0.3 is 10.4 Å². The van der Waals surface area contributed by atoms with E-state index >= 15 is 0 Å². The summed E-state index contributed by atoms with van der Waals surface area (Å²) < 4.78 is 0. The van der Waals surface area contributed by atoms with Crippen LogP contribution in [0.15, 0.2) is 0 Å². The second-order valence-electron chi connectivity index (χ2n) is 6.60. The molecule has 2 N–H and O–H groups in total. The smallest absolute Gasteiger partial charge is 0.323 e. The van der Waals surface area contributed by atoms with Crippen LogP contribution in [0.1, 0.15) is 65.7 Å². The van der Waals surface area contributed by atoms with E-state index in [9.17, 15) is 9.90 Å². The van der Waals surface area contributed by atoms with Gasteiger partial charge in [-0.3, -0.25) is 9.69 Å². The number of hydrogen-bond donors (Lipinski definition) is 2. The Bertz CT molecular complexity index is 343. The van der Waals surface area contributed by atoms with Gasteiger partial charge >= 0.3 is 5.97 Å². The lowest BCUT2D eigenvalue weighted by molar-refractivity contribution is -0.147. The number of carboxylic acid groups (broad SMARTS) is 1. The van der Waals surface area contributed by atoms with Crippen molar-refractivity contribution in [1.82, 2.24) is 10.2 Å². The molecule has 0 aromatic heterocycles. The number of nitrogens with one attached hydrogen (secondary N) is 1. The summed E-state index contributed by atoms with van der Waals surface area (Å²) in [5.41, 5.74) is -0.696. The van der Waals surface area contributed by atoms with Crippen molar-refractivity contribution >= 4 is 5.97 Å². The summed E-state index contributed by atoms with van der Waals surface area (Å²) in [7, 11) is 0. The molecule has 0 spiro atoms. The highest BCUT2D eigenvalue weighted by molar-refractivity contribution is 5.79. The highest BCUT2D eigenvalue weighted by Crippen LogP contribution is 2.37. The first kappa shape index (κ1) is 15.8. The molecule has 0 bridgehead atoms. The molecule has 2 aliphatic rings. The molecule has 1 aliphatic heterocycles. The summed E-state index contributed by atoms with van der Waals surface area (Å²) in [4.78, 5) is 14.4. The maximum absolute atomic E-state index is 11.8. The van der Waals surface area contributed by atoms with Crippen LogP contribution in [-0.4, -0.2) is 46.2 Å². The van der Waals surface area contributed by atoms with Crippen molar-refractivity contribution < 1.29 is 9.90 Å². The third-order valence-corrected chi connectivity index (χ3v) is 5.39. The first-order valence-corrected chi connectivity index (χ1v) is 8.30. The number of rotatable bonds is 5. The third kappa shape index (κ3) is 2.86. The fourth-order valence-corrected chi connectivity index (χ4v) is 4.43. The van der Waals surface area contributed by atoms with Crippen LogP contribution in [0.2, 0.25) is 0 Å². The minimum absolute atomic E-state index is 0.432. The summed E-state index contributed by atoms with van der Waals surface area (Å²) in [6, 6.07) is 1.69. The fraction of sp³-hybridized carbons (Fsp3) is 0.938. The Hall–Kier alpha value is -0.610. The number of aliphatic carboxylic acids is 1. The number of likely N-dealkylation sites (N-methyl/N-ethyl adjacent to an activating group) is 1. The zero-order chi connectivity index (χ0) is 14.8. The number of likely N-dealkylation sites (tertiary alicyclic amines) is 1. The Kier molecular flexibility index (Phi) is 5.08. The molecule has 0 amide bonds. The molecule has 2 fully saturated rings. The van der Waals surface area contributed by atoms with E-state index in [1.54, 1.807) is 0 Å². The van der Waals surface area contributed by atoms with Gasteiger partial charge in [0.25, 0.3) is 0 Å². The molecule has 0 aromatic rings. The Morgan fingerprint density at radius 1 is 1.35 bits per heavy atom. The fourth-order valence-electron chi connectivity index (χ4n) is 4.43. The second-order valence-corrected chi connectivity index (χ2v) is 6.60. The van der Waals surface area contributed by atoms with E-state index in [0.29, 0.717) is 18.1 Å². The predicted octanol–water partition coefficient (Wildman–Crippen LogP) is 2.62. The van der Waals surface area contributed by atoms with Crippen LogP contribution in [-0.2, 0) is 4.79 Å². The van der Waals surface area contributed by atoms with Crippen LogP contribution < -0.4 is 5.32 Å². The summed E-state index contributed by atoms with van der Waals surface area (Å²) >= 11 is 0. The molecular weight excluding hydrogens is 252 g/mol. The highest BCUT2D eigenvalue weighted by atomic mass is 16.4. The molecule has 116 valence electrons. The molecule has 0 radical (unpaired) electrons. The first-order chi connectivity index (χ1) is 9.54. The second kappa shape index (κ2) is 6.44. The third-order valence-electron chi connectivity index (χ3n) is 5.39. The molecule has 4 atom stereocenters. The Labute approximate surface area is 122 Å². The minimum atomic E-state index is -0.696. The first-order valence-electron chi connectivity index (χ1n) is 8.30. The van der Waals surface area contributed by atoms with Crippen molar-refractivity contribution in [2.45, 2.75) is 89.4 Å². The van der Waals surface area contributed by atoms with Crippen LogP contribution in [0.3, 0.4) is 0 Å². The summed E-state index contributed by atoms with van der Waals surface area (Å²) in [6.07, 6.45) is 7.42. The monoisotopic (exact) mass is 282 g/mol. The SMILES string of the molecule is CCNC1(C(=O)O)CCCC(N2C(C)CCC2CC)C1. The van der Waals surface area contributed by atoms with Gasteiger partial charge in [0.2, 0.25) is 0 Å². The van der Waals surface area contributed by atoms with E-state index in [-0.39, 0.29) is 0 Å². The van der Waals surface area contributed by atoms with E-state index in [4.69, 9.17) is 0 Å². The maximum Gasteiger partial charge on any atom is 0.323 e. The molecular formula is C16H30N2O2. The highest BCUT2D eigenvalue weighted by Gasteiger charge is 2.46. The number of hydrogen-bond acceptors (Lipinski definition) is 3. The van der Waals surface area contributed by atoms with E-state index in [1.807, 2.05) is 6.92 Å². The van der Waals surface area contributed by atoms with Crippen LogP contribution >= 0.6 is 0 Å². The van der Waals surface area contributed by atoms with Gasteiger partial charge in [-0.1, -0.05) is 13.8 Å². The zero-order valence-electron chi connectivity index (χ0n) is 13.2. The molecule has 1 saturated carbocycles. The molecule has 4 unspecified atom stereocenters. The van der Waals surface area contributed by atoms with Crippen molar-refractivity contribution in [1.29, 1.82) is 0 Å². The normalized spacial score (nSPS) is 39.0. The standard InChI is InChI=1S/C16H30N2O2/c1-4-13-9-8-12(3)18(13)14-7-6-10-16(11-14,15(19)20)17-5-2/h12-14,17H,4-11H2,1-3H3,(H,19,20). The lowest BCUT2D eigenvalue weighted by Gasteiger charge is -2.45. The molecule has 4 nitrogen and oxygen atoms in total. The van der Waals surface area contributed by atoms with Gasteiger partial charge in [-0.25, -0.2) is 0 Å². The van der Waals surface area contributed by atoms with Crippen molar-refractivity contribution in [2.24, 2.45) is 0 Å². The Balaban J connectivity index is 2.14. The molecule has 1 heterocycles.